The van der Waals surface area contributed by atoms with Crippen LogP contribution in [0, 0.1) is 0 Å². The van der Waals surface area contributed by atoms with Gasteiger partial charge in [-0.15, -0.1) is 0 Å². The Morgan fingerprint density at radius 2 is 0.755 bits per heavy atom. The first-order valence-corrected chi connectivity index (χ1v) is 17.2. The van der Waals surface area contributed by atoms with Gasteiger partial charge in [0.2, 0.25) is 0 Å². The van der Waals surface area contributed by atoms with Crippen molar-refractivity contribution in [2.24, 2.45) is 0 Å². The van der Waals surface area contributed by atoms with Gasteiger partial charge < -0.3 is 9.13 Å². The van der Waals surface area contributed by atoms with Gasteiger partial charge in [0.05, 0.1) is 22.1 Å². The Morgan fingerprint density at radius 3 is 1.22 bits per heavy atom. The molecular formula is C46H25BN2. The molecule has 9 aromatic carbocycles. The molecule has 0 aliphatic carbocycles. The van der Waals surface area contributed by atoms with Gasteiger partial charge in [0.1, 0.15) is 0 Å². The molecular weight excluding hydrogens is 591 g/mol. The molecule has 0 fully saturated rings. The maximum absolute atomic E-state index is 2.60. The molecule has 3 heteroatoms. The van der Waals surface area contributed by atoms with E-state index >= 15 is 0 Å². The first-order valence-electron chi connectivity index (χ1n) is 17.2. The van der Waals surface area contributed by atoms with Gasteiger partial charge in [0.25, 0.3) is 6.71 Å². The fourth-order valence-corrected chi connectivity index (χ4v) is 10.0. The highest BCUT2D eigenvalue weighted by atomic mass is 15.0. The number of nitrogens with zero attached hydrogens (tertiary/aromatic N) is 2. The lowest BCUT2D eigenvalue weighted by Crippen LogP contribution is -2.59. The van der Waals surface area contributed by atoms with Gasteiger partial charge in [0, 0.05) is 32.9 Å². The van der Waals surface area contributed by atoms with Crippen LogP contribution in [0.1, 0.15) is 0 Å². The van der Waals surface area contributed by atoms with Gasteiger partial charge >= 0.3 is 0 Å². The second-order valence-electron chi connectivity index (χ2n) is 14.0. The summed E-state index contributed by atoms with van der Waals surface area (Å²) in [5, 5.41) is 15.9. The third-order valence-electron chi connectivity index (χ3n) is 11.8. The predicted molar refractivity (Wildman–Crippen MR) is 210 cm³/mol. The van der Waals surface area contributed by atoms with E-state index in [0.29, 0.717) is 0 Å². The number of rotatable bonds is 0. The third kappa shape index (κ3) is 2.78. The van der Waals surface area contributed by atoms with Crippen LogP contribution in [0.3, 0.4) is 0 Å². The van der Waals surface area contributed by atoms with Crippen molar-refractivity contribution in [2.45, 2.75) is 0 Å². The van der Waals surface area contributed by atoms with Gasteiger partial charge in [-0.05, 0) is 83.7 Å². The van der Waals surface area contributed by atoms with Crippen LogP contribution in [0.2, 0.25) is 0 Å². The monoisotopic (exact) mass is 616 g/mol. The molecule has 2 nitrogen and oxygen atoms in total. The highest BCUT2D eigenvalue weighted by Gasteiger charge is 2.41. The molecule has 2 aliphatic heterocycles. The van der Waals surface area contributed by atoms with E-state index in [-0.39, 0.29) is 6.71 Å². The number of fused-ring (bicyclic) bond motifs is 18. The van der Waals surface area contributed by atoms with E-state index in [9.17, 15) is 0 Å². The zero-order chi connectivity index (χ0) is 31.5. The van der Waals surface area contributed by atoms with Crippen molar-refractivity contribution >= 4 is 110 Å². The van der Waals surface area contributed by atoms with Crippen molar-refractivity contribution in [3.8, 4) is 11.4 Å². The van der Waals surface area contributed by atoms with Crippen LogP contribution in [0.5, 0.6) is 0 Å². The van der Waals surface area contributed by atoms with E-state index in [0.717, 1.165) is 0 Å². The van der Waals surface area contributed by atoms with E-state index < -0.39 is 0 Å². The summed E-state index contributed by atoms with van der Waals surface area (Å²) in [7, 11) is 0. The molecule has 0 saturated carbocycles. The summed E-state index contributed by atoms with van der Waals surface area (Å²) < 4.78 is 5.19. The van der Waals surface area contributed by atoms with Crippen molar-refractivity contribution in [2.75, 3.05) is 0 Å². The van der Waals surface area contributed by atoms with Gasteiger partial charge in [-0.2, -0.15) is 0 Å². The molecule has 2 aliphatic rings. The van der Waals surface area contributed by atoms with Crippen LogP contribution in [-0.4, -0.2) is 15.8 Å². The standard InChI is InChI=1S/C46H25BN2/c1-5-14-30-26(10-1)20-22-36-40(30)42-32-16-7-3-12-28(32)24-34-45(42)48(36)38-18-9-19-39-44(38)47(34)35-25-29-13-4-8-17-33(29)43-41-31-15-6-2-11-27(31)21-23-37(41)49(39)46(35)43/h1-25H. The number of hydrogen-bond donors (Lipinski definition) is 0. The third-order valence-corrected chi connectivity index (χ3v) is 11.8. The second kappa shape index (κ2) is 8.39. The Bertz CT molecular complexity index is 3120. The largest absolute Gasteiger partial charge is 0.310 e. The summed E-state index contributed by atoms with van der Waals surface area (Å²) in [6.07, 6.45) is 0. The molecule has 13 rings (SSSR count). The minimum Gasteiger partial charge on any atom is -0.310 e. The lowest BCUT2D eigenvalue weighted by molar-refractivity contribution is 1.14. The predicted octanol–water partition coefficient (Wildman–Crippen LogP) is 9.64. The van der Waals surface area contributed by atoms with Gasteiger partial charge in [-0.1, -0.05) is 127 Å². The SMILES string of the molecule is c1cc2c3c(c1)-n1c4ccc5ccccc5c4c4c5ccccc5cc(c41)B3c1cc3ccccc3c3c4c5ccccc5ccc4n-2c13. The molecule has 2 aromatic heterocycles. The molecule has 0 bridgehead atoms. The molecule has 0 unspecified atom stereocenters. The van der Waals surface area contributed by atoms with E-state index in [1.165, 1.54) is 114 Å². The maximum Gasteiger partial charge on any atom is 0.252 e. The molecule has 4 heterocycles. The fourth-order valence-electron chi connectivity index (χ4n) is 10.0. The smallest absolute Gasteiger partial charge is 0.252 e. The zero-order valence-corrected chi connectivity index (χ0v) is 26.4. The van der Waals surface area contributed by atoms with E-state index in [2.05, 4.69) is 161 Å². The molecule has 11 aromatic rings. The number of benzene rings is 9. The summed E-state index contributed by atoms with van der Waals surface area (Å²) in [5.74, 6) is 0. The minimum absolute atomic E-state index is 0.0940. The summed E-state index contributed by atoms with van der Waals surface area (Å²) in [6, 6.07) is 57.2. The average Bonchev–Trinajstić information content (AvgIpc) is 3.71. The lowest BCUT2D eigenvalue weighted by atomic mass is 9.34. The quantitative estimate of drug-likeness (QED) is 0.150. The number of aromatic nitrogens is 2. The van der Waals surface area contributed by atoms with Gasteiger partial charge in [-0.3, -0.25) is 0 Å². The topological polar surface area (TPSA) is 9.86 Å². The number of hydrogen-bond acceptors (Lipinski definition) is 0. The van der Waals surface area contributed by atoms with Crippen LogP contribution >= 0.6 is 0 Å². The average molecular weight is 617 g/mol. The van der Waals surface area contributed by atoms with E-state index in [4.69, 9.17) is 0 Å². The lowest BCUT2D eigenvalue weighted by Gasteiger charge is -2.34. The summed E-state index contributed by atoms with van der Waals surface area (Å²) in [5.41, 5.74) is 12.0. The molecule has 0 atom stereocenters. The van der Waals surface area contributed by atoms with Crippen molar-refractivity contribution < 1.29 is 0 Å². The first kappa shape index (κ1) is 24.8. The Hall–Kier alpha value is -6.32. The summed E-state index contributed by atoms with van der Waals surface area (Å²) in [6.45, 7) is 0.0940. The maximum atomic E-state index is 2.60. The molecule has 0 spiro atoms. The Kier molecular flexibility index (Phi) is 4.25. The Balaban J connectivity index is 1.32. The normalized spacial score (nSPS) is 13.3. The molecule has 0 radical (unpaired) electrons. The molecule has 49 heavy (non-hydrogen) atoms. The van der Waals surface area contributed by atoms with Crippen molar-refractivity contribution in [3.63, 3.8) is 0 Å². The molecule has 222 valence electrons. The highest BCUT2D eigenvalue weighted by Crippen LogP contribution is 2.45. The van der Waals surface area contributed by atoms with Gasteiger partial charge in [0.15, 0.2) is 0 Å². The van der Waals surface area contributed by atoms with Crippen LogP contribution in [-0.2, 0) is 0 Å². The van der Waals surface area contributed by atoms with Crippen LogP contribution < -0.4 is 16.4 Å². The summed E-state index contributed by atoms with van der Waals surface area (Å²) in [4.78, 5) is 0. The van der Waals surface area contributed by atoms with Crippen molar-refractivity contribution in [3.05, 3.63) is 152 Å². The van der Waals surface area contributed by atoms with Gasteiger partial charge in [-0.25, -0.2) is 0 Å². The first-order chi connectivity index (χ1) is 24.3. The van der Waals surface area contributed by atoms with E-state index in [1.807, 2.05) is 0 Å². The molecule has 0 N–H and O–H groups in total. The molecule has 0 saturated heterocycles. The second-order valence-corrected chi connectivity index (χ2v) is 14.0. The van der Waals surface area contributed by atoms with E-state index in [1.54, 1.807) is 0 Å². The van der Waals surface area contributed by atoms with Crippen LogP contribution in [0.15, 0.2) is 152 Å². The summed E-state index contributed by atoms with van der Waals surface area (Å²) >= 11 is 0. The van der Waals surface area contributed by atoms with Crippen LogP contribution in [0.25, 0.3) is 98.1 Å². The minimum atomic E-state index is 0.0940. The molecule has 0 amide bonds. The fraction of sp³-hybridized carbons (Fsp3) is 0. The van der Waals surface area contributed by atoms with Crippen molar-refractivity contribution in [1.29, 1.82) is 0 Å². The highest BCUT2D eigenvalue weighted by molar-refractivity contribution is 7.00. The van der Waals surface area contributed by atoms with Crippen LogP contribution in [0.4, 0.5) is 0 Å². The Morgan fingerprint density at radius 1 is 0.347 bits per heavy atom. The van der Waals surface area contributed by atoms with Crippen molar-refractivity contribution in [1.82, 2.24) is 9.13 Å². The zero-order valence-electron chi connectivity index (χ0n) is 26.4. The Labute approximate surface area is 281 Å².